The molecule has 160 valence electrons. The van der Waals surface area contributed by atoms with Crippen molar-refractivity contribution in [3.63, 3.8) is 0 Å². The number of carbonyl (C=O) groups is 1. The molecule has 2 aromatic carbocycles. The largest absolute Gasteiger partial charge is 0.496 e. The topological polar surface area (TPSA) is 77.7 Å². The lowest BCUT2D eigenvalue weighted by molar-refractivity contribution is -0.125. The summed E-state index contributed by atoms with van der Waals surface area (Å²) in [5.41, 5.74) is 3.31. The maximum absolute atomic E-state index is 12.7. The van der Waals surface area contributed by atoms with Crippen molar-refractivity contribution in [2.75, 3.05) is 12.4 Å². The summed E-state index contributed by atoms with van der Waals surface area (Å²) in [6.45, 7) is 2.41. The number of benzene rings is 2. The van der Waals surface area contributed by atoms with Crippen LogP contribution in [0.2, 0.25) is 10.0 Å². The quantitative estimate of drug-likeness (QED) is 0.581. The molecule has 0 aliphatic carbocycles. The zero-order chi connectivity index (χ0) is 22.0. The van der Waals surface area contributed by atoms with Gasteiger partial charge in [-0.05, 0) is 36.8 Å². The smallest absolute Gasteiger partial charge is 0.269 e. The summed E-state index contributed by atoms with van der Waals surface area (Å²) in [5, 5.41) is 12.3. The molecule has 31 heavy (non-hydrogen) atoms. The van der Waals surface area contributed by atoms with Crippen LogP contribution in [0.1, 0.15) is 23.2 Å². The van der Waals surface area contributed by atoms with Gasteiger partial charge < -0.3 is 14.9 Å². The molecule has 1 aromatic heterocycles. The van der Waals surface area contributed by atoms with Crippen LogP contribution in [-0.2, 0) is 16.2 Å². The fourth-order valence-electron chi connectivity index (χ4n) is 3.31. The van der Waals surface area contributed by atoms with E-state index < -0.39 is 6.10 Å². The van der Waals surface area contributed by atoms with Crippen molar-refractivity contribution in [2.24, 2.45) is 5.16 Å². The van der Waals surface area contributed by atoms with Crippen LogP contribution >= 0.6 is 23.2 Å². The molecule has 1 aliphatic heterocycles. The number of hydrogen-bond acceptors (Lipinski definition) is 5. The zero-order valence-corrected chi connectivity index (χ0v) is 18.4. The molecule has 0 saturated heterocycles. The Morgan fingerprint density at radius 2 is 2.03 bits per heavy atom. The van der Waals surface area contributed by atoms with E-state index in [9.17, 15) is 4.79 Å². The summed E-state index contributed by atoms with van der Waals surface area (Å²) < 4.78 is 7.14. The number of ether oxygens (including phenoxy) is 1. The summed E-state index contributed by atoms with van der Waals surface area (Å²) >= 11 is 12.1. The van der Waals surface area contributed by atoms with Gasteiger partial charge in [0, 0.05) is 23.7 Å². The van der Waals surface area contributed by atoms with Crippen LogP contribution in [0.25, 0.3) is 0 Å². The van der Waals surface area contributed by atoms with Gasteiger partial charge in [-0.3, -0.25) is 9.48 Å². The first-order valence-electron chi connectivity index (χ1n) is 9.60. The Hall–Kier alpha value is -3.03. The minimum atomic E-state index is -0.736. The highest BCUT2D eigenvalue weighted by Crippen LogP contribution is 2.26. The number of methoxy groups -OCH3 is 1. The molecule has 1 atom stereocenters. The zero-order valence-electron chi connectivity index (χ0n) is 16.9. The molecule has 2 heterocycles. The van der Waals surface area contributed by atoms with Crippen LogP contribution in [0.4, 0.5) is 5.82 Å². The fraction of sp³-hybridized carbons (Fsp3) is 0.227. The lowest BCUT2D eigenvalue weighted by atomic mass is 10.0. The standard InChI is InChI=1S/C22H20Cl2N4O3/c1-13-9-21(26-28(13)12-14-7-8-16(23)17(24)10-14)25-22(29)20-11-18(27-31-20)15-5-3-4-6-19(15)30-2/h3-10,20H,11-12H2,1-2H3,(H,25,26,29). The van der Waals surface area contributed by atoms with Crippen molar-refractivity contribution in [3.8, 4) is 5.75 Å². The van der Waals surface area contributed by atoms with Gasteiger partial charge in [-0.2, -0.15) is 5.10 Å². The summed E-state index contributed by atoms with van der Waals surface area (Å²) in [5.74, 6) is 0.812. The number of para-hydroxylation sites is 1. The molecule has 7 nitrogen and oxygen atoms in total. The highest BCUT2D eigenvalue weighted by Gasteiger charge is 2.30. The van der Waals surface area contributed by atoms with Crippen LogP contribution < -0.4 is 10.1 Å². The first kappa shape index (κ1) is 21.2. The predicted molar refractivity (Wildman–Crippen MR) is 120 cm³/mol. The molecule has 1 amide bonds. The van der Waals surface area contributed by atoms with E-state index in [0.29, 0.717) is 40.3 Å². The van der Waals surface area contributed by atoms with Crippen molar-refractivity contribution in [1.82, 2.24) is 9.78 Å². The van der Waals surface area contributed by atoms with Crippen molar-refractivity contribution in [1.29, 1.82) is 0 Å². The van der Waals surface area contributed by atoms with Gasteiger partial charge in [-0.25, -0.2) is 0 Å². The average molecular weight is 459 g/mol. The number of nitrogens with zero attached hydrogens (tertiary/aromatic N) is 3. The Bertz CT molecular complexity index is 1160. The number of hydrogen-bond donors (Lipinski definition) is 1. The number of anilines is 1. The van der Waals surface area contributed by atoms with E-state index >= 15 is 0 Å². The molecule has 0 fully saturated rings. The molecule has 3 aromatic rings. The molecule has 0 bridgehead atoms. The molecule has 1 unspecified atom stereocenters. The van der Waals surface area contributed by atoms with E-state index in [1.165, 1.54) is 0 Å². The minimum Gasteiger partial charge on any atom is -0.496 e. The number of aryl methyl sites for hydroxylation is 1. The van der Waals surface area contributed by atoms with Crippen molar-refractivity contribution < 1.29 is 14.4 Å². The molecule has 1 N–H and O–H groups in total. The number of carbonyl (C=O) groups excluding carboxylic acids is 1. The number of amides is 1. The maximum atomic E-state index is 12.7. The second-order valence-electron chi connectivity index (χ2n) is 7.10. The SMILES string of the molecule is COc1ccccc1C1=NOC(C(=O)Nc2cc(C)n(Cc3ccc(Cl)c(Cl)c3)n2)C1. The Morgan fingerprint density at radius 3 is 2.81 bits per heavy atom. The monoisotopic (exact) mass is 458 g/mol. The molecule has 1 aliphatic rings. The van der Waals surface area contributed by atoms with Gasteiger partial charge in [-0.1, -0.05) is 46.6 Å². The Labute approximate surface area is 189 Å². The van der Waals surface area contributed by atoms with Gasteiger partial charge in [0.05, 0.1) is 29.4 Å². The van der Waals surface area contributed by atoms with Crippen molar-refractivity contribution in [3.05, 3.63) is 75.4 Å². The minimum absolute atomic E-state index is 0.312. The molecular formula is C22H20Cl2N4O3. The number of aromatic nitrogens is 2. The summed E-state index contributed by atoms with van der Waals surface area (Å²) in [6, 6.07) is 14.7. The highest BCUT2D eigenvalue weighted by molar-refractivity contribution is 6.42. The number of oxime groups is 1. The summed E-state index contributed by atoms with van der Waals surface area (Å²) in [4.78, 5) is 18.1. The lowest BCUT2D eigenvalue weighted by Crippen LogP contribution is -2.28. The van der Waals surface area contributed by atoms with Gasteiger partial charge >= 0.3 is 0 Å². The third kappa shape index (κ3) is 4.68. The highest BCUT2D eigenvalue weighted by atomic mass is 35.5. The first-order chi connectivity index (χ1) is 14.9. The van der Waals surface area contributed by atoms with E-state index in [0.717, 1.165) is 16.8 Å². The predicted octanol–water partition coefficient (Wildman–Crippen LogP) is 4.69. The van der Waals surface area contributed by atoms with E-state index in [4.69, 9.17) is 32.8 Å². The Balaban J connectivity index is 1.40. The third-order valence-corrected chi connectivity index (χ3v) is 5.67. The van der Waals surface area contributed by atoms with Crippen molar-refractivity contribution in [2.45, 2.75) is 26.0 Å². The van der Waals surface area contributed by atoms with E-state index in [2.05, 4.69) is 15.6 Å². The fourth-order valence-corrected chi connectivity index (χ4v) is 3.63. The normalized spacial score (nSPS) is 15.4. The van der Waals surface area contributed by atoms with E-state index in [1.54, 1.807) is 30.0 Å². The number of nitrogens with one attached hydrogen (secondary N) is 1. The second kappa shape index (κ2) is 8.99. The average Bonchev–Trinajstić information content (AvgIpc) is 3.38. The Kier molecular flexibility index (Phi) is 6.15. The van der Waals surface area contributed by atoms with E-state index in [-0.39, 0.29) is 5.91 Å². The van der Waals surface area contributed by atoms with Gasteiger partial charge in [0.1, 0.15) is 5.75 Å². The van der Waals surface area contributed by atoms with E-state index in [1.807, 2.05) is 37.3 Å². The van der Waals surface area contributed by atoms with Gasteiger partial charge in [0.2, 0.25) is 6.10 Å². The molecule has 0 spiro atoms. The lowest BCUT2D eigenvalue weighted by Gasteiger charge is -2.09. The molecule has 0 saturated carbocycles. The van der Waals surface area contributed by atoms with Gasteiger partial charge in [0.15, 0.2) is 5.82 Å². The maximum Gasteiger partial charge on any atom is 0.269 e. The van der Waals surface area contributed by atoms with Crippen LogP contribution in [0.3, 0.4) is 0 Å². The molecular weight excluding hydrogens is 439 g/mol. The van der Waals surface area contributed by atoms with Crippen LogP contribution in [0.15, 0.2) is 53.7 Å². The number of halogens is 2. The van der Waals surface area contributed by atoms with Crippen molar-refractivity contribution >= 4 is 40.6 Å². The first-order valence-corrected chi connectivity index (χ1v) is 10.4. The van der Waals surface area contributed by atoms with Crippen LogP contribution in [-0.4, -0.2) is 34.6 Å². The number of rotatable bonds is 6. The van der Waals surface area contributed by atoms with Gasteiger partial charge in [0.25, 0.3) is 5.91 Å². The van der Waals surface area contributed by atoms with Crippen LogP contribution in [0, 0.1) is 6.92 Å². The van der Waals surface area contributed by atoms with Gasteiger partial charge in [-0.15, -0.1) is 0 Å². The Morgan fingerprint density at radius 1 is 1.23 bits per heavy atom. The second-order valence-corrected chi connectivity index (χ2v) is 7.92. The summed E-state index contributed by atoms with van der Waals surface area (Å²) in [6.07, 6.45) is -0.393. The molecule has 0 radical (unpaired) electrons. The molecule has 9 heteroatoms. The third-order valence-electron chi connectivity index (χ3n) is 4.93. The van der Waals surface area contributed by atoms with Crippen LogP contribution in [0.5, 0.6) is 5.75 Å². The summed E-state index contributed by atoms with van der Waals surface area (Å²) in [7, 11) is 1.59. The molecule has 4 rings (SSSR count).